The van der Waals surface area contributed by atoms with E-state index >= 15 is 0 Å². The van der Waals surface area contributed by atoms with Gasteiger partial charge in [-0.15, -0.1) is 0 Å². The number of nitrogens with zero attached hydrogens (tertiary/aromatic N) is 6. The molecule has 0 radical (unpaired) electrons. The Hall–Kier alpha value is -5.70. The second kappa shape index (κ2) is 15.3. The molecular weight excluding hydrogens is 673 g/mol. The summed E-state index contributed by atoms with van der Waals surface area (Å²) in [5.74, 6) is 1.91. The lowest BCUT2D eigenvalue weighted by Crippen LogP contribution is -2.17. The van der Waals surface area contributed by atoms with Crippen molar-refractivity contribution < 1.29 is 14.4 Å². The van der Waals surface area contributed by atoms with Gasteiger partial charge in [0.2, 0.25) is 0 Å². The number of hydrogen-bond donors (Lipinski definition) is 0. The first-order valence-corrected chi connectivity index (χ1v) is 18.9. The van der Waals surface area contributed by atoms with Gasteiger partial charge < -0.3 is 0 Å². The number of Topliss-reactive ketones (excluding diaryl/α,β-unsaturated/α-hetero) is 3. The smallest absolute Gasteiger partial charge is 0.167 e. The molecule has 3 aromatic carbocycles. The van der Waals surface area contributed by atoms with Crippen LogP contribution in [0.25, 0.3) is 33.8 Å². The molecule has 1 unspecified atom stereocenters. The molecule has 0 N–H and O–H groups in total. The highest BCUT2D eigenvalue weighted by atomic mass is 16.1. The molecule has 9 heteroatoms. The summed E-state index contributed by atoms with van der Waals surface area (Å²) in [7, 11) is 5.75. The summed E-state index contributed by atoms with van der Waals surface area (Å²) in [5.41, 5.74) is 11.5. The molecule has 0 saturated carbocycles. The fraction of sp³-hybridized carbons (Fsp3) is 0.333. The lowest BCUT2D eigenvalue weighted by molar-refractivity contribution is 0.0945. The molecule has 3 aromatic heterocycles. The molecule has 0 saturated heterocycles. The predicted octanol–water partition coefficient (Wildman–Crippen LogP) is 8.56. The van der Waals surface area contributed by atoms with Gasteiger partial charge in [-0.1, -0.05) is 112 Å². The molecule has 0 aliphatic heterocycles. The zero-order valence-corrected chi connectivity index (χ0v) is 32.0. The van der Waals surface area contributed by atoms with Crippen LogP contribution in [0, 0.1) is 17.8 Å². The van der Waals surface area contributed by atoms with Crippen molar-refractivity contribution in [2.45, 2.75) is 59.3 Å². The zero-order chi connectivity index (χ0) is 38.1. The van der Waals surface area contributed by atoms with Crippen LogP contribution in [0.2, 0.25) is 0 Å². The molecule has 0 bridgehead atoms. The fourth-order valence-electron chi connectivity index (χ4n) is 8.29. The first-order chi connectivity index (χ1) is 26.0. The maximum atomic E-state index is 12.3. The van der Waals surface area contributed by atoms with E-state index in [9.17, 15) is 14.4 Å². The van der Waals surface area contributed by atoms with Crippen LogP contribution in [-0.2, 0) is 40.4 Å². The minimum Gasteiger partial charge on any atom is -0.294 e. The normalized spacial score (nSPS) is 18.8. The van der Waals surface area contributed by atoms with Crippen LogP contribution < -0.4 is 0 Å². The van der Waals surface area contributed by atoms with Crippen molar-refractivity contribution in [2.75, 3.05) is 0 Å². The number of aryl methyl sites for hydroxylation is 3. The van der Waals surface area contributed by atoms with Gasteiger partial charge in [-0.05, 0) is 37.0 Å². The lowest BCUT2D eigenvalue weighted by atomic mass is 9.86. The number of carbonyl (C=O) groups excluding carboxylic acids is 3. The first-order valence-electron chi connectivity index (χ1n) is 18.9. The van der Waals surface area contributed by atoms with E-state index in [0.717, 1.165) is 86.8 Å². The molecule has 6 aromatic rings. The van der Waals surface area contributed by atoms with Crippen LogP contribution in [-0.4, -0.2) is 46.7 Å². The van der Waals surface area contributed by atoms with Gasteiger partial charge in [-0.25, -0.2) is 0 Å². The quantitative estimate of drug-likeness (QED) is 0.182. The van der Waals surface area contributed by atoms with Crippen LogP contribution >= 0.6 is 0 Å². The Labute approximate surface area is 317 Å². The van der Waals surface area contributed by atoms with Crippen LogP contribution in [0.3, 0.4) is 0 Å². The molecule has 3 aliphatic carbocycles. The van der Waals surface area contributed by atoms with E-state index < -0.39 is 0 Å². The minimum atomic E-state index is 0.232. The Morgan fingerprint density at radius 2 is 0.648 bits per heavy atom. The summed E-state index contributed by atoms with van der Waals surface area (Å²) < 4.78 is 5.53. The van der Waals surface area contributed by atoms with Crippen LogP contribution in [0.5, 0.6) is 0 Å². The average Bonchev–Trinajstić information content (AvgIpc) is 3.78. The molecule has 3 aliphatic rings. The SMILES string of the molecule is CC1CC(=O)c2c(nn(C)c2-c2ccccc2)C1.C[C@@H]1CC(=O)c2c(nn(C)c2-c2ccccc2)C1.C[C@H]1CC(=O)c2c(nn(C)c2-c2ccccc2)C1. The third kappa shape index (κ3) is 7.27. The molecule has 0 spiro atoms. The third-order valence-electron chi connectivity index (χ3n) is 10.6. The van der Waals surface area contributed by atoms with Crippen molar-refractivity contribution in [1.29, 1.82) is 0 Å². The summed E-state index contributed by atoms with van der Waals surface area (Å²) >= 11 is 0. The lowest BCUT2D eigenvalue weighted by Gasteiger charge is -2.16. The summed E-state index contributed by atoms with van der Waals surface area (Å²) in [6.07, 6.45) is 4.63. The third-order valence-corrected chi connectivity index (χ3v) is 10.6. The Morgan fingerprint density at radius 1 is 0.407 bits per heavy atom. The number of aromatic nitrogens is 6. The van der Waals surface area contributed by atoms with Gasteiger partial charge in [0.25, 0.3) is 0 Å². The zero-order valence-electron chi connectivity index (χ0n) is 32.0. The van der Waals surface area contributed by atoms with E-state index in [4.69, 9.17) is 0 Å². The van der Waals surface area contributed by atoms with Gasteiger partial charge in [0.1, 0.15) is 0 Å². The molecule has 0 fully saturated rings. The summed E-state index contributed by atoms with van der Waals surface area (Å²) in [5, 5.41) is 13.6. The average molecular weight is 721 g/mol. The van der Waals surface area contributed by atoms with Gasteiger partial charge in [0.05, 0.1) is 50.9 Å². The number of hydrogen-bond acceptors (Lipinski definition) is 6. The Balaban J connectivity index is 0.000000125. The highest BCUT2D eigenvalue weighted by Crippen LogP contribution is 2.35. The Bertz CT molecular complexity index is 2060. The standard InChI is InChI=1S/3C15H16N2O/c3*1-10-8-12-14(13(18)9-10)15(17(2)16-12)11-6-4-3-5-7-11/h3*3-7,10H,8-9H2,1-2H3/t2*10-;/m10./s1. The highest BCUT2D eigenvalue weighted by Gasteiger charge is 2.32. The molecule has 3 heterocycles. The van der Waals surface area contributed by atoms with Crippen molar-refractivity contribution in [3.05, 3.63) is 125 Å². The second-order valence-corrected chi connectivity index (χ2v) is 15.3. The Kier molecular flexibility index (Phi) is 10.4. The topological polar surface area (TPSA) is 105 Å². The molecule has 3 atom stereocenters. The number of ketones is 3. The van der Waals surface area contributed by atoms with E-state index in [2.05, 4.69) is 36.1 Å². The van der Waals surface area contributed by atoms with Gasteiger partial charge >= 0.3 is 0 Å². The Morgan fingerprint density at radius 3 is 0.889 bits per heavy atom. The summed E-state index contributed by atoms with van der Waals surface area (Å²) in [4.78, 5) is 36.8. The van der Waals surface area contributed by atoms with Crippen LogP contribution in [0.15, 0.2) is 91.0 Å². The van der Waals surface area contributed by atoms with E-state index in [-0.39, 0.29) is 17.3 Å². The maximum Gasteiger partial charge on any atom is 0.167 e. The highest BCUT2D eigenvalue weighted by molar-refractivity contribution is 6.05. The second-order valence-electron chi connectivity index (χ2n) is 15.3. The van der Waals surface area contributed by atoms with E-state index in [1.807, 2.05) is 126 Å². The molecule has 0 amide bonds. The number of carbonyl (C=O) groups is 3. The monoisotopic (exact) mass is 720 g/mol. The minimum absolute atomic E-state index is 0.232. The molecular formula is C45H48N6O3. The number of benzene rings is 3. The van der Waals surface area contributed by atoms with Crippen molar-refractivity contribution in [3.8, 4) is 33.8 Å². The number of fused-ring (bicyclic) bond motifs is 3. The van der Waals surface area contributed by atoms with E-state index in [1.54, 1.807) is 0 Å². The maximum absolute atomic E-state index is 12.3. The van der Waals surface area contributed by atoms with Crippen molar-refractivity contribution in [3.63, 3.8) is 0 Å². The van der Waals surface area contributed by atoms with Crippen molar-refractivity contribution >= 4 is 17.3 Å². The van der Waals surface area contributed by atoms with E-state index in [1.165, 1.54) is 0 Å². The van der Waals surface area contributed by atoms with Gasteiger partial charge in [-0.3, -0.25) is 28.4 Å². The predicted molar refractivity (Wildman–Crippen MR) is 211 cm³/mol. The molecule has 9 rings (SSSR count). The number of rotatable bonds is 3. The summed E-state index contributed by atoms with van der Waals surface area (Å²) in [6.45, 7) is 6.33. The van der Waals surface area contributed by atoms with Crippen molar-refractivity contribution in [1.82, 2.24) is 29.3 Å². The molecule has 54 heavy (non-hydrogen) atoms. The summed E-state index contributed by atoms with van der Waals surface area (Å²) in [6, 6.07) is 30.1. The van der Waals surface area contributed by atoms with Gasteiger partial charge in [0.15, 0.2) is 17.3 Å². The molecule has 9 nitrogen and oxygen atoms in total. The molecule has 276 valence electrons. The van der Waals surface area contributed by atoms with Crippen LogP contribution in [0.4, 0.5) is 0 Å². The van der Waals surface area contributed by atoms with E-state index in [0.29, 0.717) is 37.0 Å². The van der Waals surface area contributed by atoms with Crippen LogP contribution in [0.1, 0.15) is 88.2 Å². The fourth-order valence-corrected chi connectivity index (χ4v) is 8.29. The largest absolute Gasteiger partial charge is 0.294 e. The van der Waals surface area contributed by atoms with Crippen molar-refractivity contribution in [2.24, 2.45) is 38.9 Å². The van der Waals surface area contributed by atoms with Gasteiger partial charge in [-0.2, -0.15) is 15.3 Å². The van der Waals surface area contributed by atoms with Gasteiger partial charge in [0, 0.05) is 57.1 Å². The first kappa shape index (κ1) is 36.6.